The molecule has 0 spiro atoms. The van der Waals surface area contributed by atoms with Crippen molar-refractivity contribution >= 4 is 39.3 Å². The van der Waals surface area contributed by atoms with Crippen molar-refractivity contribution < 1.29 is 14.3 Å². The van der Waals surface area contributed by atoms with E-state index in [1.54, 1.807) is 12.1 Å². The summed E-state index contributed by atoms with van der Waals surface area (Å²) in [6, 6.07) is 6.21. The van der Waals surface area contributed by atoms with Crippen molar-refractivity contribution in [2.24, 2.45) is 0 Å². The number of carbonyl (C=O) groups is 1. The number of rotatable bonds is 5. The maximum Gasteiger partial charge on any atom is 0.317 e. The first-order valence-corrected chi connectivity index (χ1v) is 8.73. The summed E-state index contributed by atoms with van der Waals surface area (Å²) in [5.74, 6) is -1.15. The molecule has 0 fully saturated rings. The lowest BCUT2D eigenvalue weighted by Gasteiger charge is -2.10. The molecule has 0 bridgehead atoms. The van der Waals surface area contributed by atoms with Gasteiger partial charge in [0.05, 0.1) is 5.39 Å². The van der Waals surface area contributed by atoms with E-state index in [0.29, 0.717) is 11.4 Å². The topological polar surface area (TPSA) is 63.1 Å². The van der Waals surface area contributed by atoms with Crippen LogP contribution in [0.4, 0.5) is 4.39 Å². The van der Waals surface area contributed by atoms with E-state index >= 15 is 0 Å². The minimum absolute atomic E-state index is 0.295. The number of hydrogen-bond donors (Lipinski definition) is 1. The van der Waals surface area contributed by atoms with E-state index in [1.165, 1.54) is 41.6 Å². The van der Waals surface area contributed by atoms with E-state index < -0.39 is 11.2 Å². The first kappa shape index (κ1) is 15.9. The van der Waals surface area contributed by atoms with Crippen LogP contribution in [0.15, 0.2) is 41.0 Å². The minimum Gasteiger partial charge on any atom is -0.480 e. The summed E-state index contributed by atoms with van der Waals surface area (Å²) in [7, 11) is 0. The molecule has 1 unspecified atom stereocenters. The van der Waals surface area contributed by atoms with E-state index in [0.717, 1.165) is 21.3 Å². The zero-order chi connectivity index (χ0) is 16.4. The Balaban J connectivity index is 2.10. The highest BCUT2D eigenvalue weighted by Gasteiger charge is 2.21. The molecular formula is C16H13FN2O2S2. The number of halogens is 1. The molecule has 0 aliphatic carbocycles. The number of thioether (sulfide) groups is 1. The number of carboxylic acid groups (broad SMARTS) is 1. The first-order chi connectivity index (χ1) is 11.1. The molecule has 4 nitrogen and oxygen atoms in total. The average Bonchev–Trinajstić information content (AvgIpc) is 2.98. The average molecular weight is 348 g/mol. The molecule has 0 saturated heterocycles. The van der Waals surface area contributed by atoms with Crippen LogP contribution in [0.5, 0.6) is 0 Å². The van der Waals surface area contributed by atoms with Gasteiger partial charge in [-0.15, -0.1) is 11.3 Å². The third kappa shape index (κ3) is 3.20. The molecule has 1 N–H and O–H groups in total. The van der Waals surface area contributed by atoms with Crippen LogP contribution < -0.4 is 0 Å². The number of aliphatic carboxylic acids is 1. The molecule has 2 heterocycles. The molecule has 0 radical (unpaired) electrons. The summed E-state index contributed by atoms with van der Waals surface area (Å²) < 4.78 is 13.1. The summed E-state index contributed by atoms with van der Waals surface area (Å²) in [6.07, 6.45) is 1.95. The molecule has 0 amide bonds. The van der Waals surface area contributed by atoms with Crippen LogP contribution in [0.3, 0.4) is 0 Å². The molecule has 0 saturated carbocycles. The summed E-state index contributed by atoms with van der Waals surface area (Å²) in [5, 5.41) is 12.1. The maximum atomic E-state index is 13.1. The van der Waals surface area contributed by atoms with Gasteiger partial charge in [-0.05, 0) is 24.1 Å². The Morgan fingerprint density at radius 1 is 1.35 bits per heavy atom. The summed E-state index contributed by atoms with van der Waals surface area (Å²) in [6.45, 7) is 1.83. The highest BCUT2D eigenvalue weighted by molar-refractivity contribution is 8.00. The largest absolute Gasteiger partial charge is 0.480 e. The summed E-state index contributed by atoms with van der Waals surface area (Å²) in [4.78, 5) is 20.6. The lowest BCUT2D eigenvalue weighted by molar-refractivity contribution is -0.136. The quantitative estimate of drug-likeness (QED) is 0.545. The van der Waals surface area contributed by atoms with Crippen molar-refractivity contribution in [3.05, 3.63) is 41.8 Å². The van der Waals surface area contributed by atoms with Gasteiger partial charge < -0.3 is 5.11 Å². The molecular weight excluding hydrogens is 335 g/mol. The second-order valence-corrected chi connectivity index (χ2v) is 6.92. The van der Waals surface area contributed by atoms with Crippen molar-refractivity contribution in [2.45, 2.75) is 23.6 Å². The number of nitrogens with zero attached hydrogens (tertiary/aromatic N) is 2. The second kappa shape index (κ2) is 6.64. The van der Waals surface area contributed by atoms with Crippen molar-refractivity contribution in [1.82, 2.24) is 9.97 Å². The zero-order valence-electron chi connectivity index (χ0n) is 12.2. The molecule has 7 heteroatoms. The fourth-order valence-electron chi connectivity index (χ4n) is 2.22. The molecule has 1 atom stereocenters. The van der Waals surface area contributed by atoms with Gasteiger partial charge in [-0.2, -0.15) is 0 Å². The zero-order valence-corrected chi connectivity index (χ0v) is 13.8. The highest BCUT2D eigenvalue weighted by atomic mass is 32.2. The molecule has 2 aromatic heterocycles. The molecule has 1 aromatic carbocycles. The van der Waals surface area contributed by atoms with E-state index in [4.69, 9.17) is 0 Å². The highest BCUT2D eigenvalue weighted by Crippen LogP contribution is 2.39. The van der Waals surface area contributed by atoms with Crippen molar-refractivity contribution in [3.8, 4) is 11.1 Å². The van der Waals surface area contributed by atoms with Gasteiger partial charge in [0, 0.05) is 10.9 Å². The predicted octanol–water partition coefficient (Wildman–Crippen LogP) is 4.45. The van der Waals surface area contributed by atoms with Gasteiger partial charge in [-0.1, -0.05) is 30.8 Å². The molecule has 3 rings (SSSR count). The van der Waals surface area contributed by atoms with Gasteiger partial charge in [0.15, 0.2) is 0 Å². The number of fused-ring (bicyclic) bond motifs is 1. The van der Waals surface area contributed by atoms with Crippen LogP contribution in [0.1, 0.15) is 13.3 Å². The van der Waals surface area contributed by atoms with Crippen LogP contribution >= 0.6 is 23.1 Å². The molecule has 118 valence electrons. The van der Waals surface area contributed by atoms with E-state index in [-0.39, 0.29) is 5.82 Å². The lowest BCUT2D eigenvalue weighted by Crippen LogP contribution is -2.15. The molecule has 3 aromatic rings. The Morgan fingerprint density at radius 3 is 2.74 bits per heavy atom. The van der Waals surface area contributed by atoms with Gasteiger partial charge in [-0.3, -0.25) is 4.79 Å². The standard InChI is InChI=1S/C16H13FN2O2S2/c1-2-12(16(20)21)23-15-13-11(7-22-14(13)18-8-19-15)9-3-5-10(17)6-4-9/h3-8,12H,2H2,1H3,(H,20,21). The SMILES string of the molecule is CCC(Sc1ncnc2scc(-c3ccc(F)cc3)c12)C(=O)O. The Hall–Kier alpha value is -1.99. The number of carboxylic acids is 1. The van der Waals surface area contributed by atoms with Gasteiger partial charge in [0.2, 0.25) is 0 Å². The van der Waals surface area contributed by atoms with E-state index in [2.05, 4.69) is 9.97 Å². The second-order valence-electron chi connectivity index (χ2n) is 4.87. The van der Waals surface area contributed by atoms with Gasteiger partial charge in [-0.25, -0.2) is 14.4 Å². The Kier molecular flexibility index (Phi) is 4.58. The number of aromatic nitrogens is 2. The molecule has 23 heavy (non-hydrogen) atoms. The Morgan fingerprint density at radius 2 is 2.09 bits per heavy atom. The smallest absolute Gasteiger partial charge is 0.317 e. The first-order valence-electron chi connectivity index (χ1n) is 6.97. The summed E-state index contributed by atoms with van der Waals surface area (Å²) in [5.41, 5.74) is 1.76. The fraction of sp³-hybridized carbons (Fsp3) is 0.188. The Bertz CT molecular complexity index is 849. The fourth-order valence-corrected chi connectivity index (χ4v) is 4.17. The lowest BCUT2D eigenvalue weighted by atomic mass is 10.1. The van der Waals surface area contributed by atoms with Gasteiger partial charge in [0.1, 0.15) is 27.3 Å². The normalized spacial score (nSPS) is 12.4. The van der Waals surface area contributed by atoms with Crippen molar-refractivity contribution in [1.29, 1.82) is 0 Å². The third-order valence-electron chi connectivity index (χ3n) is 3.39. The third-order valence-corrected chi connectivity index (χ3v) is 5.63. The minimum atomic E-state index is -0.858. The van der Waals surface area contributed by atoms with Crippen molar-refractivity contribution in [2.75, 3.05) is 0 Å². The van der Waals surface area contributed by atoms with Crippen molar-refractivity contribution in [3.63, 3.8) is 0 Å². The molecule has 0 aliphatic heterocycles. The maximum absolute atomic E-state index is 13.1. The predicted molar refractivity (Wildman–Crippen MR) is 90.4 cm³/mol. The van der Waals surface area contributed by atoms with Crippen LogP contribution in [0, 0.1) is 5.82 Å². The Labute approximate surface area is 140 Å². The monoisotopic (exact) mass is 348 g/mol. The van der Waals surface area contributed by atoms with E-state index in [9.17, 15) is 14.3 Å². The van der Waals surface area contributed by atoms with E-state index in [1.807, 2.05) is 12.3 Å². The summed E-state index contributed by atoms with van der Waals surface area (Å²) >= 11 is 2.69. The van der Waals surface area contributed by atoms with Crippen LogP contribution in [-0.4, -0.2) is 26.3 Å². The van der Waals surface area contributed by atoms with Crippen LogP contribution in [0.25, 0.3) is 21.3 Å². The number of benzene rings is 1. The van der Waals surface area contributed by atoms with Crippen LogP contribution in [0.2, 0.25) is 0 Å². The molecule has 0 aliphatic rings. The van der Waals surface area contributed by atoms with Gasteiger partial charge >= 0.3 is 5.97 Å². The number of thiophene rings is 1. The van der Waals surface area contributed by atoms with Gasteiger partial charge in [0.25, 0.3) is 0 Å². The van der Waals surface area contributed by atoms with Crippen LogP contribution in [-0.2, 0) is 4.79 Å². The number of hydrogen-bond acceptors (Lipinski definition) is 5.